The Morgan fingerprint density at radius 1 is 1.15 bits per heavy atom. The van der Waals surface area contributed by atoms with Crippen LogP contribution < -0.4 is 4.74 Å². The number of carbonyl (C=O) groups excluding carboxylic acids is 2. The number of halogens is 1. The Kier molecular flexibility index (Phi) is 6.81. The van der Waals surface area contributed by atoms with E-state index in [1.165, 1.54) is 0 Å². The van der Waals surface area contributed by atoms with Crippen LogP contribution in [0, 0.1) is 0 Å². The lowest BCUT2D eigenvalue weighted by Crippen LogP contribution is -2.07. The number of esters is 1. The highest BCUT2D eigenvalue weighted by atomic mass is 35.5. The fourth-order valence-electron chi connectivity index (χ4n) is 1.36. The van der Waals surface area contributed by atoms with Crippen LogP contribution in [0.3, 0.4) is 0 Å². The van der Waals surface area contributed by atoms with Gasteiger partial charge in [0.05, 0.1) is 13.2 Å². The van der Waals surface area contributed by atoms with Crippen LogP contribution in [-0.2, 0) is 9.53 Å². The molecule has 5 heteroatoms. The van der Waals surface area contributed by atoms with Crippen LogP contribution in [0.25, 0.3) is 0 Å². The lowest BCUT2D eigenvalue weighted by molar-refractivity contribution is -0.139. The van der Waals surface area contributed by atoms with Gasteiger partial charge >= 0.3 is 5.97 Å². The fourth-order valence-corrected chi connectivity index (χ4v) is 1.49. The van der Waals surface area contributed by atoms with Crippen molar-refractivity contribution in [1.29, 1.82) is 0 Å². The Balaban J connectivity index is 2.17. The number of ether oxygens (including phenoxy) is 2. The number of hydrogen-bond donors (Lipinski definition) is 0. The summed E-state index contributed by atoms with van der Waals surface area (Å²) in [5, 5.41) is -0.490. The van der Waals surface area contributed by atoms with Crippen molar-refractivity contribution in [3.63, 3.8) is 0 Å². The van der Waals surface area contributed by atoms with Crippen molar-refractivity contribution >= 4 is 22.8 Å². The van der Waals surface area contributed by atoms with E-state index in [2.05, 4.69) is 6.58 Å². The molecule has 0 heterocycles. The van der Waals surface area contributed by atoms with Crippen LogP contribution in [0.5, 0.6) is 5.75 Å². The molecule has 0 aliphatic heterocycles. The van der Waals surface area contributed by atoms with E-state index in [4.69, 9.17) is 21.1 Å². The highest BCUT2D eigenvalue weighted by Gasteiger charge is 2.03. The summed E-state index contributed by atoms with van der Waals surface area (Å²) in [7, 11) is 0. The number of rotatable bonds is 8. The summed E-state index contributed by atoms with van der Waals surface area (Å²) in [5.41, 5.74) is 0.834. The van der Waals surface area contributed by atoms with E-state index in [1.54, 1.807) is 31.2 Å². The van der Waals surface area contributed by atoms with Crippen molar-refractivity contribution in [2.75, 3.05) is 13.2 Å². The highest BCUT2D eigenvalue weighted by Crippen LogP contribution is 2.14. The van der Waals surface area contributed by atoms with Crippen molar-refractivity contribution in [3.05, 3.63) is 42.0 Å². The second kappa shape index (κ2) is 8.38. The van der Waals surface area contributed by atoms with Crippen LogP contribution in [-0.4, -0.2) is 24.4 Å². The lowest BCUT2D eigenvalue weighted by Gasteiger charge is -2.07. The molecule has 0 amide bonds. The fraction of sp³-hybridized carbons (Fsp3) is 0.333. The lowest BCUT2D eigenvalue weighted by atomic mass is 10.2. The van der Waals surface area contributed by atoms with E-state index in [9.17, 15) is 9.59 Å². The molecule has 0 fully saturated rings. The molecular weight excluding hydrogens is 280 g/mol. The minimum atomic E-state index is -0.490. The minimum absolute atomic E-state index is 0.356. The standard InChI is InChI=1S/C15H17ClO4/c1-11(2)15(18)20-10-4-3-9-19-13-7-5-12(6-8-13)14(16)17/h5-8H,1,3-4,9-10H2,2H3. The summed E-state index contributed by atoms with van der Waals surface area (Å²) >= 11 is 5.34. The average molecular weight is 297 g/mol. The Labute approximate surface area is 123 Å². The first-order valence-electron chi connectivity index (χ1n) is 6.26. The van der Waals surface area contributed by atoms with Gasteiger partial charge < -0.3 is 9.47 Å². The van der Waals surface area contributed by atoms with Crippen LogP contribution in [0.2, 0.25) is 0 Å². The number of unbranched alkanes of at least 4 members (excludes halogenated alkanes) is 1. The van der Waals surface area contributed by atoms with Gasteiger partial charge in [0, 0.05) is 11.1 Å². The Hall–Kier alpha value is -1.81. The van der Waals surface area contributed by atoms with Crippen molar-refractivity contribution < 1.29 is 19.1 Å². The maximum atomic E-state index is 11.1. The quantitative estimate of drug-likeness (QED) is 0.319. The predicted molar refractivity (Wildman–Crippen MR) is 77.1 cm³/mol. The maximum absolute atomic E-state index is 11.1. The molecule has 0 saturated heterocycles. The summed E-state index contributed by atoms with van der Waals surface area (Å²) in [6.45, 7) is 5.98. The molecule has 0 saturated carbocycles. The largest absolute Gasteiger partial charge is 0.494 e. The van der Waals surface area contributed by atoms with Gasteiger partial charge in [0.15, 0.2) is 0 Å². The number of carbonyl (C=O) groups is 2. The van der Waals surface area contributed by atoms with Gasteiger partial charge in [-0.2, -0.15) is 0 Å². The van der Waals surface area contributed by atoms with Crippen LogP contribution >= 0.6 is 11.6 Å². The summed E-state index contributed by atoms with van der Waals surface area (Å²) < 4.78 is 10.4. The molecule has 0 N–H and O–H groups in total. The second-order valence-corrected chi connectivity index (χ2v) is 4.61. The smallest absolute Gasteiger partial charge is 0.333 e. The second-order valence-electron chi connectivity index (χ2n) is 4.27. The van der Waals surface area contributed by atoms with Gasteiger partial charge in [0.2, 0.25) is 0 Å². The molecule has 0 aromatic heterocycles. The molecule has 0 spiro atoms. The Morgan fingerprint density at radius 2 is 1.75 bits per heavy atom. The minimum Gasteiger partial charge on any atom is -0.494 e. The summed E-state index contributed by atoms with van der Waals surface area (Å²) in [5.74, 6) is 0.304. The summed E-state index contributed by atoms with van der Waals surface area (Å²) in [6.07, 6.45) is 1.48. The molecule has 0 bridgehead atoms. The first kappa shape index (κ1) is 16.2. The van der Waals surface area contributed by atoms with Crippen molar-refractivity contribution in [2.45, 2.75) is 19.8 Å². The molecule has 20 heavy (non-hydrogen) atoms. The third-order valence-corrected chi connectivity index (χ3v) is 2.69. The van der Waals surface area contributed by atoms with E-state index in [1.807, 2.05) is 0 Å². The number of benzene rings is 1. The van der Waals surface area contributed by atoms with Gasteiger partial charge in [-0.1, -0.05) is 6.58 Å². The SMILES string of the molecule is C=C(C)C(=O)OCCCCOc1ccc(C(=O)Cl)cc1. The molecular formula is C15H17ClO4. The highest BCUT2D eigenvalue weighted by molar-refractivity contribution is 6.67. The molecule has 1 aromatic carbocycles. The number of hydrogen-bond acceptors (Lipinski definition) is 4. The Morgan fingerprint density at radius 3 is 2.30 bits per heavy atom. The molecule has 0 aliphatic carbocycles. The van der Waals surface area contributed by atoms with Crippen molar-refractivity contribution in [3.8, 4) is 5.75 Å². The van der Waals surface area contributed by atoms with Crippen molar-refractivity contribution in [1.82, 2.24) is 0 Å². The zero-order valence-corrected chi connectivity index (χ0v) is 12.1. The van der Waals surface area contributed by atoms with Gasteiger partial charge in [0.1, 0.15) is 5.75 Å². The third-order valence-electron chi connectivity index (χ3n) is 2.47. The molecule has 1 rings (SSSR count). The van der Waals surface area contributed by atoms with E-state index in [0.717, 1.165) is 12.8 Å². The van der Waals surface area contributed by atoms with Crippen molar-refractivity contribution in [2.24, 2.45) is 0 Å². The van der Waals surface area contributed by atoms with Gasteiger partial charge in [-0.25, -0.2) is 4.79 Å². The van der Waals surface area contributed by atoms with E-state index < -0.39 is 5.24 Å². The monoisotopic (exact) mass is 296 g/mol. The van der Waals surface area contributed by atoms with E-state index in [0.29, 0.717) is 30.1 Å². The summed E-state index contributed by atoms with van der Waals surface area (Å²) in [6, 6.07) is 6.60. The first-order valence-corrected chi connectivity index (χ1v) is 6.64. The van der Waals surface area contributed by atoms with Crippen LogP contribution in [0.15, 0.2) is 36.4 Å². The van der Waals surface area contributed by atoms with Gasteiger partial charge in [-0.05, 0) is 55.6 Å². The topological polar surface area (TPSA) is 52.6 Å². The van der Waals surface area contributed by atoms with Crippen LogP contribution in [0.1, 0.15) is 30.1 Å². The normalized spacial score (nSPS) is 9.90. The maximum Gasteiger partial charge on any atom is 0.333 e. The van der Waals surface area contributed by atoms with Gasteiger partial charge in [0.25, 0.3) is 5.24 Å². The molecule has 0 unspecified atom stereocenters. The van der Waals surface area contributed by atoms with Gasteiger partial charge in [-0.15, -0.1) is 0 Å². The van der Waals surface area contributed by atoms with E-state index in [-0.39, 0.29) is 5.97 Å². The molecule has 4 nitrogen and oxygen atoms in total. The summed E-state index contributed by atoms with van der Waals surface area (Å²) in [4.78, 5) is 22.0. The molecule has 1 aromatic rings. The third kappa shape index (κ3) is 5.89. The average Bonchev–Trinajstić information content (AvgIpc) is 2.42. The zero-order valence-electron chi connectivity index (χ0n) is 11.4. The predicted octanol–water partition coefficient (Wildman–Crippen LogP) is 3.34. The molecule has 108 valence electrons. The van der Waals surface area contributed by atoms with Crippen LogP contribution in [0.4, 0.5) is 0 Å². The Bertz CT molecular complexity index is 479. The zero-order chi connectivity index (χ0) is 15.0. The van der Waals surface area contributed by atoms with E-state index >= 15 is 0 Å². The first-order chi connectivity index (χ1) is 9.50. The van der Waals surface area contributed by atoms with Gasteiger partial charge in [-0.3, -0.25) is 4.79 Å². The molecule has 0 atom stereocenters. The molecule has 0 aliphatic rings. The molecule has 0 radical (unpaired) electrons.